The number of ether oxygens (including phenoxy) is 1. The molecule has 0 saturated carbocycles. The highest BCUT2D eigenvalue weighted by atomic mass is 79.9. The fraction of sp³-hybridized carbons (Fsp3) is 0.364. The van der Waals surface area contributed by atoms with E-state index in [9.17, 15) is 4.79 Å². The van der Waals surface area contributed by atoms with Crippen molar-refractivity contribution in [3.8, 4) is 0 Å². The predicted molar refractivity (Wildman–Crippen MR) is 65.2 cm³/mol. The molecule has 0 amide bonds. The summed E-state index contributed by atoms with van der Waals surface area (Å²) in [7, 11) is 1.45. The molecule has 0 atom stereocenters. The van der Waals surface area contributed by atoms with Gasteiger partial charge in [0.2, 0.25) is 0 Å². The number of methoxy groups -OCH3 is 1. The maximum absolute atomic E-state index is 11.8. The van der Waals surface area contributed by atoms with E-state index >= 15 is 0 Å². The van der Waals surface area contributed by atoms with E-state index in [2.05, 4.69) is 15.9 Å². The van der Waals surface area contributed by atoms with Crippen LogP contribution in [0.5, 0.6) is 0 Å². The van der Waals surface area contributed by atoms with Crippen molar-refractivity contribution in [1.82, 2.24) is 0 Å². The van der Waals surface area contributed by atoms with E-state index in [-0.39, 0.29) is 5.97 Å². The third-order valence-electron chi connectivity index (χ3n) is 2.65. The average Bonchev–Trinajstić information content (AvgIpc) is 2.16. The zero-order chi connectivity index (χ0) is 10.9. The first-order valence-corrected chi connectivity index (χ1v) is 6.56. The van der Waals surface area contributed by atoms with Gasteiger partial charge in [-0.05, 0) is 17.7 Å². The number of halogens is 1. The normalized spacial score (nSPS) is 18.0. The van der Waals surface area contributed by atoms with Crippen molar-refractivity contribution < 1.29 is 9.53 Å². The first kappa shape index (κ1) is 11.0. The zero-order valence-corrected chi connectivity index (χ0v) is 10.7. The molecule has 4 heteroatoms. The van der Waals surface area contributed by atoms with Crippen LogP contribution in [0.2, 0.25) is 0 Å². The SMILES string of the molecule is COC(=O)C1(c2cccc(Br)c2)CSC1. The average molecular weight is 287 g/mol. The third-order valence-corrected chi connectivity index (χ3v) is 4.54. The Balaban J connectivity index is 2.38. The topological polar surface area (TPSA) is 26.3 Å². The molecule has 0 bridgehead atoms. The van der Waals surface area contributed by atoms with Crippen molar-refractivity contribution >= 4 is 33.7 Å². The fourth-order valence-corrected chi connectivity index (χ4v) is 3.27. The molecule has 0 spiro atoms. The molecular weight excluding hydrogens is 276 g/mol. The highest BCUT2D eigenvalue weighted by Crippen LogP contribution is 2.42. The minimum atomic E-state index is -0.413. The lowest BCUT2D eigenvalue weighted by Gasteiger charge is -2.38. The minimum absolute atomic E-state index is 0.126. The smallest absolute Gasteiger partial charge is 0.317 e. The van der Waals surface area contributed by atoms with E-state index in [1.165, 1.54) is 7.11 Å². The molecular formula is C11H11BrO2S. The standard InChI is InChI=1S/C11H11BrO2S/c1-14-10(13)11(6-15-7-11)8-3-2-4-9(12)5-8/h2-5H,6-7H2,1H3. The molecule has 1 aromatic carbocycles. The molecule has 2 rings (SSSR count). The van der Waals surface area contributed by atoms with Gasteiger partial charge in [0.25, 0.3) is 0 Å². The summed E-state index contributed by atoms with van der Waals surface area (Å²) < 4.78 is 5.88. The van der Waals surface area contributed by atoms with Crippen molar-refractivity contribution in [2.45, 2.75) is 5.41 Å². The van der Waals surface area contributed by atoms with Gasteiger partial charge in [0, 0.05) is 16.0 Å². The van der Waals surface area contributed by atoms with E-state index in [1.54, 1.807) is 11.8 Å². The number of esters is 1. The molecule has 1 aliphatic heterocycles. The summed E-state index contributed by atoms with van der Waals surface area (Å²) in [6.07, 6.45) is 0. The van der Waals surface area contributed by atoms with Gasteiger partial charge in [0.15, 0.2) is 0 Å². The summed E-state index contributed by atoms with van der Waals surface area (Å²) >= 11 is 5.19. The number of rotatable bonds is 2. The summed E-state index contributed by atoms with van der Waals surface area (Å²) in [5, 5.41) is 0. The Labute approximate surface area is 102 Å². The van der Waals surface area contributed by atoms with Crippen LogP contribution in [-0.2, 0) is 14.9 Å². The quantitative estimate of drug-likeness (QED) is 0.782. The van der Waals surface area contributed by atoms with Gasteiger partial charge in [-0.15, -0.1) is 0 Å². The number of carbonyl (C=O) groups excluding carboxylic acids is 1. The van der Waals surface area contributed by atoms with E-state index in [4.69, 9.17) is 4.74 Å². The first-order valence-electron chi connectivity index (χ1n) is 4.61. The van der Waals surface area contributed by atoms with Crippen LogP contribution < -0.4 is 0 Å². The number of hydrogen-bond acceptors (Lipinski definition) is 3. The molecule has 0 radical (unpaired) electrons. The van der Waals surface area contributed by atoms with Crippen LogP contribution in [0.15, 0.2) is 28.7 Å². The van der Waals surface area contributed by atoms with Crippen LogP contribution in [0, 0.1) is 0 Å². The number of carbonyl (C=O) groups is 1. The minimum Gasteiger partial charge on any atom is -0.468 e. The molecule has 0 aliphatic carbocycles. The summed E-state index contributed by atoms with van der Waals surface area (Å²) in [5.41, 5.74) is 0.630. The van der Waals surface area contributed by atoms with Crippen LogP contribution in [0.25, 0.3) is 0 Å². The van der Waals surface area contributed by atoms with Crippen molar-refractivity contribution in [1.29, 1.82) is 0 Å². The molecule has 80 valence electrons. The zero-order valence-electron chi connectivity index (χ0n) is 8.33. The van der Waals surface area contributed by atoms with E-state index < -0.39 is 5.41 Å². The molecule has 1 saturated heterocycles. The van der Waals surface area contributed by atoms with Crippen LogP contribution in [-0.4, -0.2) is 24.6 Å². The second-order valence-corrected chi connectivity index (χ2v) is 5.48. The van der Waals surface area contributed by atoms with Gasteiger partial charge in [-0.2, -0.15) is 11.8 Å². The largest absolute Gasteiger partial charge is 0.468 e. The lowest BCUT2D eigenvalue weighted by molar-refractivity contribution is -0.146. The molecule has 1 heterocycles. The number of benzene rings is 1. The molecule has 1 aromatic rings. The third kappa shape index (κ3) is 1.81. The maximum Gasteiger partial charge on any atom is 0.317 e. The maximum atomic E-state index is 11.8. The molecule has 1 aliphatic rings. The summed E-state index contributed by atoms with van der Waals surface area (Å²) in [4.78, 5) is 11.8. The van der Waals surface area contributed by atoms with Crippen LogP contribution in [0.3, 0.4) is 0 Å². The Bertz CT molecular complexity index is 388. The van der Waals surface area contributed by atoms with E-state index in [0.717, 1.165) is 21.5 Å². The Morgan fingerprint density at radius 1 is 1.53 bits per heavy atom. The second-order valence-electron chi connectivity index (χ2n) is 3.58. The van der Waals surface area contributed by atoms with Crippen molar-refractivity contribution in [3.05, 3.63) is 34.3 Å². The summed E-state index contributed by atoms with van der Waals surface area (Å²) in [6, 6.07) is 7.89. The van der Waals surface area contributed by atoms with Crippen molar-refractivity contribution in [3.63, 3.8) is 0 Å². The van der Waals surface area contributed by atoms with Gasteiger partial charge in [-0.1, -0.05) is 28.1 Å². The summed E-state index contributed by atoms with van der Waals surface area (Å²) in [5.74, 6) is 1.51. The molecule has 1 fully saturated rings. The van der Waals surface area contributed by atoms with Gasteiger partial charge in [-0.3, -0.25) is 4.79 Å². The second kappa shape index (κ2) is 4.18. The highest BCUT2D eigenvalue weighted by molar-refractivity contribution is 9.10. The van der Waals surface area contributed by atoms with E-state index in [1.807, 2.05) is 24.3 Å². The van der Waals surface area contributed by atoms with Gasteiger partial charge in [0.05, 0.1) is 7.11 Å². The Morgan fingerprint density at radius 3 is 2.73 bits per heavy atom. The van der Waals surface area contributed by atoms with Crippen molar-refractivity contribution in [2.75, 3.05) is 18.6 Å². The van der Waals surface area contributed by atoms with Crippen LogP contribution in [0.1, 0.15) is 5.56 Å². The number of thioether (sulfide) groups is 1. The fourth-order valence-electron chi connectivity index (χ4n) is 1.69. The lowest BCUT2D eigenvalue weighted by Crippen LogP contribution is -2.48. The molecule has 0 aromatic heterocycles. The molecule has 0 unspecified atom stereocenters. The molecule has 0 N–H and O–H groups in total. The van der Waals surface area contributed by atoms with Gasteiger partial charge in [-0.25, -0.2) is 0 Å². The number of hydrogen-bond donors (Lipinski definition) is 0. The molecule has 15 heavy (non-hydrogen) atoms. The van der Waals surface area contributed by atoms with Gasteiger partial charge < -0.3 is 4.74 Å². The Kier molecular flexibility index (Phi) is 3.07. The van der Waals surface area contributed by atoms with Crippen LogP contribution in [0.4, 0.5) is 0 Å². The highest BCUT2D eigenvalue weighted by Gasteiger charge is 2.47. The lowest BCUT2D eigenvalue weighted by atomic mass is 9.83. The van der Waals surface area contributed by atoms with Gasteiger partial charge >= 0.3 is 5.97 Å². The summed E-state index contributed by atoms with van der Waals surface area (Å²) in [6.45, 7) is 0. The first-order chi connectivity index (χ1) is 7.19. The molecule has 2 nitrogen and oxygen atoms in total. The Hall–Kier alpha value is -0.480. The van der Waals surface area contributed by atoms with Crippen LogP contribution >= 0.6 is 27.7 Å². The monoisotopic (exact) mass is 286 g/mol. The predicted octanol–water partition coefficient (Wildman–Crippen LogP) is 2.61. The Morgan fingerprint density at radius 2 is 2.27 bits per heavy atom. The van der Waals surface area contributed by atoms with E-state index in [0.29, 0.717) is 0 Å². The van der Waals surface area contributed by atoms with Gasteiger partial charge in [0.1, 0.15) is 5.41 Å². The van der Waals surface area contributed by atoms with Crippen molar-refractivity contribution in [2.24, 2.45) is 0 Å².